The molecule has 0 spiro atoms. The van der Waals surface area contributed by atoms with Crippen molar-refractivity contribution in [2.75, 3.05) is 0 Å². The molecule has 0 aromatic heterocycles. The van der Waals surface area contributed by atoms with Crippen LogP contribution in [0.25, 0.3) is 0 Å². The van der Waals surface area contributed by atoms with Gasteiger partial charge in [-0.05, 0) is 49.4 Å². The molecule has 2 aromatic carbocycles. The Bertz CT molecular complexity index is 747. The Morgan fingerprint density at radius 1 is 0.909 bits per heavy atom. The summed E-state index contributed by atoms with van der Waals surface area (Å²) in [6.45, 7) is 1.73. The zero-order chi connectivity index (χ0) is 16.1. The lowest BCUT2D eigenvalue weighted by atomic mass is 10.1. The van der Waals surface area contributed by atoms with Crippen LogP contribution < -0.4 is 4.74 Å². The van der Waals surface area contributed by atoms with Gasteiger partial charge in [-0.2, -0.15) is 0 Å². The molecular weight excluding hydrogens is 284 g/mol. The highest BCUT2D eigenvalue weighted by Crippen LogP contribution is 2.24. The molecule has 110 valence electrons. The van der Waals surface area contributed by atoms with Crippen LogP contribution >= 0.6 is 0 Å². The van der Waals surface area contributed by atoms with E-state index in [1.54, 1.807) is 31.2 Å². The van der Waals surface area contributed by atoms with E-state index in [1.807, 2.05) is 0 Å². The Balaban J connectivity index is 2.33. The van der Waals surface area contributed by atoms with Crippen molar-refractivity contribution in [1.29, 1.82) is 0 Å². The molecule has 0 heterocycles. The van der Waals surface area contributed by atoms with Crippen molar-refractivity contribution in [3.8, 4) is 23.3 Å². The van der Waals surface area contributed by atoms with Gasteiger partial charge in [0.2, 0.25) is 0 Å². The minimum absolute atomic E-state index is 0.145. The van der Waals surface area contributed by atoms with E-state index in [1.165, 1.54) is 12.1 Å². The van der Waals surface area contributed by atoms with Gasteiger partial charge in [0, 0.05) is 5.56 Å². The van der Waals surface area contributed by atoms with Crippen molar-refractivity contribution in [2.45, 2.75) is 6.92 Å². The fraction of sp³-hybridized carbons (Fsp3) is 0.0588. The summed E-state index contributed by atoms with van der Waals surface area (Å²) < 4.78 is 5.52. The molecule has 0 aliphatic rings. The monoisotopic (exact) mass is 296 g/mol. The Morgan fingerprint density at radius 3 is 1.91 bits per heavy atom. The van der Waals surface area contributed by atoms with Gasteiger partial charge in [-0.1, -0.05) is 5.92 Å². The van der Waals surface area contributed by atoms with Crippen LogP contribution in [0, 0.1) is 11.8 Å². The first kappa shape index (κ1) is 15.1. The molecule has 0 aliphatic heterocycles. The normalized spacial score (nSPS) is 9.50. The topological polar surface area (TPSA) is 83.8 Å². The van der Waals surface area contributed by atoms with E-state index in [9.17, 15) is 9.59 Å². The lowest BCUT2D eigenvalue weighted by molar-refractivity contribution is 0.0696. The molecule has 0 unspecified atom stereocenters. The van der Waals surface area contributed by atoms with Crippen molar-refractivity contribution in [2.24, 2.45) is 0 Å². The van der Waals surface area contributed by atoms with Crippen LogP contribution in [0.3, 0.4) is 0 Å². The second kappa shape index (κ2) is 6.46. The van der Waals surface area contributed by atoms with Gasteiger partial charge in [-0.3, -0.25) is 0 Å². The van der Waals surface area contributed by atoms with E-state index in [0.29, 0.717) is 5.75 Å². The Hall–Kier alpha value is -3.26. The van der Waals surface area contributed by atoms with Crippen molar-refractivity contribution in [3.63, 3.8) is 0 Å². The van der Waals surface area contributed by atoms with Crippen LogP contribution in [0.2, 0.25) is 0 Å². The van der Waals surface area contributed by atoms with Crippen LogP contribution in [0.15, 0.2) is 42.5 Å². The molecule has 5 nitrogen and oxygen atoms in total. The molecule has 22 heavy (non-hydrogen) atoms. The highest BCUT2D eigenvalue weighted by molar-refractivity contribution is 5.94. The van der Waals surface area contributed by atoms with E-state index in [2.05, 4.69) is 11.8 Å². The molecule has 0 saturated carbocycles. The first-order valence-electron chi connectivity index (χ1n) is 6.32. The minimum atomic E-state index is -1.22. The molecule has 2 rings (SSSR count). The maximum atomic E-state index is 11.0. The first-order chi connectivity index (χ1) is 10.5. The van der Waals surface area contributed by atoms with Crippen LogP contribution in [0.4, 0.5) is 0 Å². The van der Waals surface area contributed by atoms with Crippen molar-refractivity contribution in [3.05, 3.63) is 59.2 Å². The molecule has 0 atom stereocenters. The van der Waals surface area contributed by atoms with E-state index >= 15 is 0 Å². The summed E-state index contributed by atoms with van der Waals surface area (Å²) in [5, 5.41) is 18.0. The van der Waals surface area contributed by atoms with Gasteiger partial charge in [-0.25, -0.2) is 9.59 Å². The van der Waals surface area contributed by atoms with E-state index in [4.69, 9.17) is 14.9 Å². The number of carboxylic acids is 2. The molecule has 0 bridgehead atoms. The Labute approximate surface area is 126 Å². The number of rotatable bonds is 4. The van der Waals surface area contributed by atoms with E-state index in [-0.39, 0.29) is 16.9 Å². The van der Waals surface area contributed by atoms with Crippen LogP contribution in [-0.4, -0.2) is 22.2 Å². The van der Waals surface area contributed by atoms with Crippen LogP contribution in [-0.2, 0) is 0 Å². The van der Waals surface area contributed by atoms with Gasteiger partial charge in [0.05, 0.1) is 11.1 Å². The second-order valence-electron chi connectivity index (χ2n) is 4.36. The third kappa shape index (κ3) is 3.64. The number of carboxylic acid groups (broad SMARTS) is 2. The molecule has 0 amide bonds. The second-order valence-corrected chi connectivity index (χ2v) is 4.36. The number of aromatic carboxylic acids is 2. The predicted molar refractivity (Wildman–Crippen MR) is 79.4 cm³/mol. The summed E-state index contributed by atoms with van der Waals surface area (Å²) in [7, 11) is 0. The lowest BCUT2D eigenvalue weighted by Gasteiger charge is -2.08. The summed E-state index contributed by atoms with van der Waals surface area (Å²) in [4.78, 5) is 22.1. The fourth-order valence-corrected chi connectivity index (χ4v) is 1.79. The predicted octanol–water partition coefficient (Wildman–Crippen LogP) is 3.25. The molecule has 0 radical (unpaired) electrons. The highest BCUT2D eigenvalue weighted by atomic mass is 16.5. The number of hydrogen-bond donors (Lipinski definition) is 2. The highest BCUT2D eigenvalue weighted by Gasteiger charge is 2.12. The average molecular weight is 296 g/mol. The number of ether oxygens (including phenoxy) is 1. The Kier molecular flexibility index (Phi) is 4.44. The van der Waals surface area contributed by atoms with Gasteiger partial charge in [0.25, 0.3) is 0 Å². The van der Waals surface area contributed by atoms with Crippen molar-refractivity contribution in [1.82, 2.24) is 0 Å². The van der Waals surface area contributed by atoms with E-state index in [0.717, 1.165) is 11.6 Å². The lowest BCUT2D eigenvalue weighted by Crippen LogP contribution is -2.03. The number of hydrogen-bond acceptors (Lipinski definition) is 3. The largest absolute Gasteiger partial charge is 0.478 e. The van der Waals surface area contributed by atoms with E-state index < -0.39 is 11.9 Å². The van der Waals surface area contributed by atoms with Gasteiger partial charge in [-0.15, -0.1) is 5.92 Å². The SMILES string of the molecule is CC#Cc1ccc(Oc2cc(C(=O)O)cc(C(=O)O)c2)cc1. The quantitative estimate of drug-likeness (QED) is 0.846. The van der Waals surface area contributed by atoms with Gasteiger partial charge < -0.3 is 14.9 Å². The first-order valence-corrected chi connectivity index (χ1v) is 6.32. The summed E-state index contributed by atoms with van der Waals surface area (Å²) in [6, 6.07) is 10.5. The zero-order valence-electron chi connectivity index (χ0n) is 11.7. The smallest absolute Gasteiger partial charge is 0.335 e. The van der Waals surface area contributed by atoms with Crippen LogP contribution in [0.1, 0.15) is 33.2 Å². The molecule has 5 heteroatoms. The average Bonchev–Trinajstić information content (AvgIpc) is 2.49. The van der Waals surface area contributed by atoms with Crippen molar-refractivity contribution < 1.29 is 24.5 Å². The third-order valence-corrected chi connectivity index (χ3v) is 2.76. The number of benzene rings is 2. The van der Waals surface area contributed by atoms with Gasteiger partial charge in [0.15, 0.2) is 0 Å². The number of carbonyl (C=O) groups is 2. The maximum absolute atomic E-state index is 11.0. The standard InChI is InChI=1S/C17H12O5/c1-2-3-11-4-6-14(7-5-11)22-15-9-12(16(18)19)8-13(10-15)17(20)21/h4-10H,1H3,(H,18,19)(H,20,21). The summed E-state index contributed by atoms with van der Waals surface area (Å²) in [5.41, 5.74) is 0.520. The van der Waals surface area contributed by atoms with Crippen LogP contribution in [0.5, 0.6) is 11.5 Å². The maximum Gasteiger partial charge on any atom is 0.335 e. The molecule has 2 aromatic rings. The zero-order valence-corrected chi connectivity index (χ0v) is 11.7. The summed E-state index contributed by atoms with van der Waals surface area (Å²) >= 11 is 0. The molecule has 0 fully saturated rings. The molecule has 2 N–H and O–H groups in total. The molecule has 0 aliphatic carbocycles. The summed E-state index contributed by atoms with van der Waals surface area (Å²) in [6.07, 6.45) is 0. The van der Waals surface area contributed by atoms with Gasteiger partial charge >= 0.3 is 11.9 Å². The molecular formula is C17H12O5. The fourth-order valence-electron chi connectivity index (χ4n) is 1.79. The Morgan fingerprint density at radius 2 is 1.45 bits per heavy atom. The minimum Gasteiger partial charge on any atom is -0.478 e. The molecule has 0 saturated heterocycles. The van der Waals surface area contributed by atoms with Crippen molar-refractivity contribution >= 4 is 11.9 Å². The van der Waals surface area contributed by atoms with Gasteiger partial charge in [0.1, 0.15) is 11.5 Å². The third-order valence-electron chi connectivity index (χ3n) is 2.76. The summed E-state index contributed by atoms with van der Waals surface area (Å²) in [5.74, 6) is 3.82.